The van der Waals surface area contributed by atoms with Gasteiger partial charge in [0.25, 0.3) is 5.91 Å². The van der Waals surface area contributed by atoms with E-state index in [2.05, 4.69) is 4.90 Å². The number of para-hydroxylation sites is 1. The van der Waals surface area contributed by atoms with Gasteiger partial charge in [-0.3, -0.25) is 9.69 Å². The van der Waals surface area contributed by atoms with E-state index in [0.29, 0.717) is 17.1 Å². The largest absolute Gasteiger partial charge is 0.493 e. The van der Waals surface area contributed by atoms with Crippen LogP contribution in [0.25, 0.3) is 11.0 Å². The molecule has 2 saturated heterocycles. The second kappa shape index (κ2) is 8.13. The molecule has 1 aromatic carbocycles. The van der Waals surface area contributed by atoms with Crippen molar-refractivity contribution in [3.8, 4) is 5.75 Å². The molecule has 28 heavy (non-hydrogen) atoms. The van der Waals surface area contributed by atoms with E-state index in [1.165, 1.54) is 12.8 Å². The van der Waals surface area contributed by atoms with E-state index in [4.69, 9.17) is 13.9 Å². The fourth-order valence-corrected chi connectivity index (χ4v) is 4.95. The number of benzene rings is 1. The van der Waals surface area contributed by atoms with Crippen molar-refractivity contribution < 1.29 is 18.7 Å². The topological polar surface area (TPSA) is 55.2 Å². The number of amides is 1. The average molecular weight is 386 g/mol. The second-order valence-corrected chi connectivity index (χ2v) is 7.94. The number of nitrogens with zero attached hydrogens (tertiary/aromatic N) is 2. The van der Waals surface area contributed by atoms with Crippen LogP contribution in [0.1, 0.15) is 42.7 Å². The number of likely N-dealkylation sites (tertiary alicyclic amines) is 2. The summed E-state index contributed by atoms with van der Waals surface area (Å²) in [6.45, 7) is 4.45. The van der Waals surface area contributed by atoms with Gasteiger partial charge in [-0.05, 0) is 50.8 Å². The summed E-state index contributed by atoms with van der Waals surface area (Å²) in [6, 6.07) is 7.54. The van der Waals surface area contributed by atoms with Crippen molar-refractivity contribution in [2.45, 2.75) is 37.6 Å². The molecule has 1 spiro atoms. The van der Waals surface area contributed by atoms with E-state index in [-0.39, 0.29) is 11.4 Å². The quantitative estimate of drug-likeness (QED) is 0.787. The van der Waals surface area contributed by atoms with Gasteiger partial charge in [-0.2, -0.15) is 0 Å². The third-order valence-electron chi connectivity index (χ3n) is 6.45. The molecule has 0 radical (unpaired) electrons. The van der Waals surface area contributed by atoms with Gasteiger partial charge in [0.05, 0.1) is 13.7 Å². The highest BCUT2D eigenvalue weighted by Crippen LogP contribution is 2.38. The minimum Gasteiger partial charge on any atom is -0.493 e. The van der Waals surface area contributed by atoms with Crippen LogP contribution in [0.5, 0.6) is 5.75 Å². The average Bonchev–Trinajstić information content (AvgIpc) is 3.25. The summed E-state index contributed by atoms with van der Waals surface area (Å²) in [6.07, 6.45) is 5.65. The maximum Gasteiger partial charge on any atom is 0.289 e. The zero-order valence-electron chi connectivity index (χ0n) is 16.9. The first kappa shape index (κ1) is 19.3. The predicted molar refractivity (Wildman–Crippen MR) is 108 cm³/mol. The number of fused-ring (bicyclic) bond motifs is 1. The Labute approximate surface area is 166 Å². The first-order valence-electron chi connectivity index (χ1n) is 10.3. The molecule has 1 amide bonds. The molecule has 6 nitrogen and oxygen atoms in total. The zero-order chi connectivity index (χ0) is 19.6. The maximum absolute atomic E-state index is 13.1. The Bertz CT molecular complexity index is 833. The summed E-state index contributed by atoms with van der Waals surface area (Å²) in [5.74, 6) is 1.04. The highest BCUT2D eigenvalue weighted by atomic mass is 16.5. The summed E-state index contributed by atoms with van der Waals surface area (Å²) in [7, 11) is 3.38. The smallest absolute Gasteiger partial charge is 0.289 e. The lowest BCUT2D eigenvalue weighted by Gasteiger charge is -2.38. The van der Waals surface area contributed by atoms with E-state index < -0.39 is 0 Å². The van der Waals surface area contributed by atoms with Crippen molar-refractivity contribution in [3.63, 3.8) is 0 Å². The molecule has 3 heterocycles. The van der Waals surface area contributed by atoms with Crippen LogP contribution in [0.2, 0.25) is 0 Å². The van der Waals surface area contributed by atoms with Gasteiger partial charge in [0.1, 0.15) is 0 Å². The summed E-state index contributed by atoms with van der Waals surface area (Å²) in [4.78, 5) is 17.7. The molecule has 1 aromatic heterocycles. The molecule has 1 atom stereocenters. The SMILES string of the molecule is COCCN1CCC[C@]12CCCN(C(=O)c1cc3cccc(OC)c3o1)CC2. The lowest BCUT2D eigenvalue weighted by Crippen LogP contribution is -2.46. The first-order chi connectivity index (χ1) is 13.7. The Morgan fingerprint density at radius 3 is 2.75 bits per heavy atom. The highest BCUT2D eigenvalue weighted by Gasteiger charge is 2.42. The number of carbonyl (C=O) groups is 1. The standard InChI is InChI=1S/C22H30N2O4/c1-26-15-14-24-12-5-9-22(24)8-4-11-23(13-10-22)21(25)19-16-17-6-3-7-18(27-2)20(17)28-19/h3,6-7,16H,4-5,8-15H2,1-2H3/t22-/m0/s1. The van der Waals surface area contributed by atoms with Crippen LogP contribution in [0.15, 0.2) is 28.7 Å². The molecule has 0 saturated carbocycles. The van der Waals surface area contributed by atoms with E-state index in [0.717, 1.165) is 57.4 Å². The second-order valence-electron chi connectivity index (χ2n) is 7.94. The summed E-state index contributed by atoms with van der Waals surface area (Å²) in [5, 5.41) is 0.899. The first-order valence-corrected chi connectivity index (χ1v) is 10.3. The Balaban J connectivity index is 1.49. The van der Waals surface area contributed by atoms with Crippen LogP contribution in [-0.4, -0.2) is 68.3 Å². The van der Waals surface area contributed by atoms with Crippen LogP contribution in [0.4, 0.5) is 0 Å². The minimum absolute atomic E-state index is 0.0169. The number of hydrogen-bond donors (Lipinski definition) is 0. The molecule has 152 valence electrons. The Hall–Kier alpha value is -2.05. The van der Waals surface area contributed by atoms with Gasteiger partial charge >= 0.3 is 0 Å². The van der Waals surface area contributed by atoms with E-state index in [1.807, 2.05) is 29.2 Å². The molecule has 0 N–H and O–H groups in total. The monoisotopic (exact) mass is 386 g/mol. The van der Waals surface area contributed by atoms with Crippen LogP contribution in [0, 0.1) is 0 Å². The molecule has 2 fully saturated rings. The third-order valence-corrected chi connectivity index (χ3v) is 6.45. The van der Waals surface area contributed by atoms with Crippen molar-refractivity contribution in [2.24, 2.45) is 0 Å². The summed E-state index contributed by atoms with van der Waals surface area (Å²) < 4.78 is 16.6. The van der Waals surface area contributed by atoms with E-state index >= 15 is 0 Å². The molecule has 4 rings (SSSR count). The number of rotatable bonds is 5. The Morgan fingerprint density at radius 1 is 1.14 bits per heavy atom. The van der Waals surface area contributed by atoms with Crippen LogP contribution in [-0.2, 0) is 4.74 Å². The molecule has 0 bridgehead atoms. The van der Waals surface area contributed by atoms with Crippen LogP contribution < -0.4 is 4.74 Å². The van der Waals surface area contributed by atoms with Crippen molar-refractivity contribution in [1.29, 1.82) is 0 Å². The molecule has 6 heteroatoms. The van der Waals surface area contributed by atoms with Crippen molar-refractivity contribution in [1.82, 2.24) is 9.80 Å². The minimum atomic E-state index is -0.0169. The fraction of sp³-hybridized carbons (Fsp3) is 0.591. The van der Waals surface area contributed by atoms with Crippen molar-refractivity contribution >= 4 is 16.9 Å². The summed E-state index contributed by atoms with van der Waals surface area (Å²) in [5.41, 5.74) is 0.867. The Morgan fingerprint density at radius 2 is 1.96 bits per heavy atom. The van der Waals surface area contributed by atoms with Gasteiger partial charge in [0.15, 0.2) is 17.1 Å². The number of carbonyl (C=O) groups excluding carboxylic acids is 1. The highest BCUT2D eigenvalue weighted by molar-refractivity contribution is 5.97. The van der Waals surface area contributed by atoms with Crippen molar-refractivity contribution in [3.05, 3.63) is 30.0 Å². The molecular weight excluding hydrogens is 356 g/mol. The normalized spacial score (nSPS) is 23.4. The fourth-order valence-electron chi connectivity index (χ4n) is 4.95. The molecule has 0 unspecified atom stereocenters. The molecule has 2 aromatic rings. The van der Waals surface area contributed by atoms with Gasteiger partial charge in [-0.25, -0.2) is 0 Å². The van der Waals surface area contributed by atoms with E-state index in [1.54, 1.807) is 14.2 Å². The van der Waals surface area contributed by atoms with Gasteiger partial charge in [-0.15, -0.1) is 0 Å². The predicted octanol–water partition coefficient (Wildman–Crippen LogP) is 3.55. The lowest BCUT2D eigenvalue weighted by molar-refractivity contribution is 0.0677. The van der Waals surface area contributed by atoms with Gasteiger partial charge in [0.2, 0.25) is 0 Å². The van der Waals surface area contributed by atoms with Crippen molar-refractivity contribution in [2.75, 3.05) is 47.0 Å². The zero-order valence-corrected chi connectivity index (χ0v) is 16.9. The third kappa shape index (κ3) is 3.51. The van der Waals surface area contributed by atoms with Crippen LogP contribution in [0.3, 0.4) is 0 Å². The Kier molecular flexibility index (Phi) is 5.60. The summed E-state index contributed by atoms with van der Waals surface area (Å²) >= 11 is 0. The van der Waals surface area contributed by atoms with Crippen LogP contribution >= 0.6 is 0 Å². The maximum atomic E-state index is 13.1. The number of hydrogen-bond acceptors (Lipinski definition) is 5. The molecule has 0 aliphatic carbocycles. The van der Waals surface area contributed by atoms with Gasteiger partial charge in [-0.1, -0.05) is 12.1 Å². The van der Waals surface area contributed by atoms with E-state index in [9.17, 15) is 4.79 Å². The molecule has 2 aliphatic rings. The number of furan rings is 1. The van der Waals surface area contributed by atoms with Gasteiger partial charge < -0.3 is 18.8 Å². The number of ether oxygens (including phenoxy) is 2. The lowest BCUT2D eigenvalue weighted by atomic mass is 9.88. The van der Waals surface area contributed by atoms with Gasteiger partial charge in [0, 0.05) is 37.7 Å². The molecule has 2 aliphatic heterocycles. The number of methoxy groups -OCH3 is 2. The molecular formula is C22H30N2O4.